The highest BCUT2D eigenvalue weighted by atomic mass is 32.2. The van der Waals surface area contributed by atoms with E-state index in [1.54, 1.807) is 5.38 Å². The van der Waals surface area contributed by atoms with Crippen molar-refractivity contribution in [2.24, 2.45) is 10.4 Å². The number of aliphatic hydroxyl groups is 1. The van der Waals surface area contributed by atoms with Crippen LogP contribution in [0.2, 0.25) is 0 Å². The number of carbonyl (C=O) groups is 1. The third-order valence-corrected chi connectivity index (χ3v) is 6.21. The molecular weight excluding hydrogens is 386 g/mol. The van der Waals surface area contributed by atoms with Gasteiger partial charge in [0.2, 0.25) is 0 Å². The van der Waals surface area contributed by atoms with Crippen molar-refractivity contribution in [1.82, 2.24) is 4.98 Å². The van der Waals surface area contributed by atoms with Gasteiger partial charge in [-0.05, 0) is 29.7 Å². The first kappa shape index (κ1) is 19.2. The number of hydrogen-bond acceptors (Lipinski definition) is 7. The van der Waals surface area contributed by atoms with Crippen molar-refractivity contribution in [2.75, 3.05) is 4.72 Å². The summed E-state index contributed by atoms with van der Waals surface area (Å²) in [6, 6.07) is 5.90. The first-order valence-electron chi connectivity index (χ1n) is 8.18. The SMILES string of the molecule is CC1(C)CC(=O)C(C=Nc2ccc(S(=O)(=O)Nc3nccs3)cc2)=C(O)C1. The average Bonchev–Trinajstić information content (AvgIpc) is 3.05. The summed E-state index contributed by atoms with van der Waals surface area (Å²) in [6.07, 6.45) is 3.61. The average molecular weight is 406 g/mol. The molecule has 0 aliphatic heterocycles. The summed E-state index contributed by atoms with van der Waals surface area (Å²) < 4.78 is 27.0. The molecule has 1 aliphatic rings. The van der Waals surface area contributed by atoms with Crippen molar-refractivity contribution in [2.45, 2.75) is 31.6 Å². The summed E-state index contributed by atoms with van der Waals surface area (Å²) in [6.45, 7) is 3.85. The molecule has 0 fully saturated rings. The predicted octanol–water partition coefficient (Wildman–Crippen LogP) is 3.85. The smallest absolute Gasteiger partial charge is 0.263 e. The van der Waals surface area contributed by atoms with Crippen LogP contribution in [0.1, 0.15) is 26.7 Å². The fourth-order valence-electron chi connectivity index (χ4n) is 2.75. The molecule has 1 aromatic carbocycles. The number of aliphatic hydroxyl groups excluding tert-OH is 1. The molecule has 0 radical (unpaired) electrons. The number of ketones is 1. The normalized spacial score (nSPS) is 17.5. The summed E-state index contributed by atoms with van der Waals surface area (Å²) in [5.74, 6) is -0.119. The molecule has 2 N–H and O–H groups in total. The summed E-state index contributed by atoms with van der Waals surface area (Å²) in [7, 11) is -3.72. The Hall–Kier alpha value is -2.52. The van der Waals surface area contributed by atoms with Crippen LogP contribution in [0, 0.1) is 5.41 Å². The van der Waals surface area contributed by atoms with Gasteiger partial charge in [-0.1, -0.05) is 13.8 Å². The van der Waals surface area contributed by atoms with Crippen molar-refractivity contribution in [3.05, 3.63) is 47.2 Å². The van der Waals surface area contributed by atoms with Gasteiger partial charge in [0.1, 0.15) is 5.76 Å². The van der Waals surface area contributed by atoms with Crippen LogP contribution in [0.15, 0.2) is 57.1 Å². The van der Waals surface area contributed by atoms with Crippen LogP contribution in [0.3, 0.4) is 0 Å². The van der Waals surface area contributed by atoms with Gasteiger partial charge in [0.05, 0.1) is 16.2 Å². The number of benzene rings is 1. The molecule has 142 valence electrons. The van der Waals surface area contributed by atoms with Crippen LogP contribution >= 0.6 is 11.3 Å². The Bertz CT molecular complexity index is 1010. The number of nitrogens with zero attached hydrogens (tertiary/aromatic N) is 2. The lowest BCUT2D eigenvalue weighted by Gasteiger charge is -2.28. The molecule has 1 heterocycles. The van der Waals surface area contributed by atoms with E-state index in [1.165, 1.54) is 48.0 Å². The molecule has 3 rings (SSSR count). The predicted molar refractivity (Wildman–Crippen MR) is 105 cm³/mol. The summed E-state index contributed by atoms with van der Waals surface area (Å²) in [5.41, 5.74) is 0.413. The van der Waals surface area contributed by atoms with E-state index < -0.39 is 10.0 Å². The van der Waals surface area contributed by atoms with Crippen molar-refractivity contribution < 1.29 is 18.3 Å². The maximum absolute atomic E-state index is 12.3. The van der Waals surface area contributed by atoms with Gasteiger partial charge in [-0.3, -0.25) is 14.5 Å². The Morgan fingerprint density at radius 2 is 1.96 bits per heavy atom. The third kappa shape index (κ3) is 4.61. The standard InChI is InChI=1S/C18H19N3O4S2/c1-18(2)9-15(22)14(16(23)10-18)11-20-12-3-5-13(6-4-12)27(24,25)21-17-19-7-8-26-17/h3-8,11,22H,9-10H2,1-2H3,(H,19,21). The molecule has 9 heteroatoms. The number of hydrogen-bond donors (Lipinski definition) is 2. The minimum atomic E-state index is -3.72. The van der Waals surface area contributed by atoms with Crippen LogP contribution in [0.4, 0.5) is 10.8 Å². The van der Waals surface area contributed by atoms with E-state index >= 15 is 0 Å². The Labute approximate surface area is 161 Å². The first-order chi connectivity index (χ1) is 12.7. The Balaban J connectivity index is 1.76. The van der Waals surface area contributed by atoms with Gasteiger partial charge in [-0.15, -0.1) is 11.3 Å². The number of thiazole rings is 1. The van der Waals surface area contributed by atoms with Crippen LogP contribution in [-0.4, -0.2) is 30.5 Å². The molecule has 0 unspecified atom stereocenters. The van der Waals surface area contributed by atoms with E-state index in [2.05, 4.69) is 14.7 Å². The van der Waals surface area contributed by atoms with E-state index in [1.807, 2.05) is 13.8 Å². The highest BCUT2D eigenvalue weighted by Crippen LogP contribution is 2.35. The van der Waals surface area contributed by atoms with E-state index in [0.29, 0.717) is 23.7 Å². The van der Waals surface area contributed by atoms with Crippen LogP contribution in [0.5, 0.6) is 0 Å². The van der Waals surface area contributed by atoms with Crippen molar-refractivity contribution >= 4 is 44.2 Å². The number of Topliss-reactive ketones (excluding diaryl/α,β-unsaturated/α-hetero) is 1. The maximum atomic E-state index is 12.3. The fraction of sp³-hybridized carbons (Fsp3) is 0.278. The molecule has 2 aromatic rings. The zero-order chi connectivity index (χ0) is 19.7. The zero-order valence-electron chi connectivity index (χ0n) is 14.8. The number of carbonyl (C=O) groups excluding carboxylic acids is 1. The molecular formula is C18H19N3O4S2. The van der Waals surface area contributed by atoms with E-state index in [0.717, 1.165) is 0 Å². The number of anilines is 1. The van der Waals surface area contributed by atoms with Crippen molar-refractivity contribution in [3.63, 3.8) is 0 Å². The molecule has 0 saturated heterocycles. The number of sulfonamides is 1. The van der Waals surface area contributed by atoms with Crippen LogP contribution in [-0.2, 0) is 14.8 Å². The van der Waals surface area contributed by atoms with Gasteiger partial charge in [-0.2, -0.15) is 0 Å². The summed E-state index contributed by atoms with van der Waals surface area (Å²) in [4.78, 5) is 20.3. The second kappa shape index (κ2) is 7.24. The number of rotatable bonds is 5. The Morgan fingerprint density at radius 1 is 1.26 bits per heavy atom. The molecule has 27 heavy (non-hydrogen) atoms. The molecule has 7 nitrogen and oxygen atoms in total. The van der Waals surface area contributed by atoms with Gasteiger partial charge in [0, 0.05) is 30.6 Å². The minimum Gasteiger partial charge on any atom is -0.511 e. The van der Waals surface area contributed by atoms with Gasteiger partial charge in [-0.25, -0.2) is 13.4 Å². The topological polar surface area (TPSA) is 109 Å². The van der Waals surface area contributed by atoms with E-state index in [9.17, 15) is 18.3 Å². The second-order valence-corrected chi connectivity index (χ2v) is 9.57. The molecule has 0 bridgehead atoms. The molecule has 1 aromatic heterocycles. The van der Waals surface area contributed by atoms with Crippen LogP contribution in [0.25, 0.3) is 0 Å². The van der Waals surface area contributed by atoms with Gasteiger partial charge < -0.3 is 5.11 Å². The summed E-state index contributed by atoms with van der Waals surface area (Å²) >= 11 is 1.19. The number of aromatic nitrogens is 1. The number of aliphatic imine (C=N–C) groups is 1. The molecule has 0 amide bonds. The quantitative estimate of drug-likeness (QED) is 0.735. The van der Waals surface area contributed by atoms with Crippen molar-refractivity contribution in [1.29, 1.82) is 0 Å². The number of nitrogens with one attached hydrogen (secondary N) is 1. The maximum Gasteiger partial charge on any atom is 0.263 e. The highest BCUT2D eigenvalue weighted by Gasteiger charge is 2.32. The van der Waals surface area contributed by atoms with Gasteiger partial charge in [0.15, 0.2) is 10.9 Å². The number of allylic oxidation sites excluding steroid dienone is 2. The lowest BCUT2D eigenvalue weighted by Crippen LogP contribution is -2.26. The summed E-state index contributed by atoms with van der Waals surface area (Å²) in [5, 5.41) is 12.1. The van der Waals surface area contributed by atoms with Crippen LogP contribution < -0.4 is 4.72 Å². The Kier molecular flexibility index (Phi) is 5.16. The molecule has 0 spiro atoms. The van der Waals surface area contributed by atoms with Crippen molar-refractivity contribution in [3.8, 4) is 0 Å². The molecule has 0 atom stereocenters. The fourth-order valence-corrected chi connectivity index (χ4v) is 4.54. The van der Waals surface area contributed by atoms with Gasteiger partial charge >= 0.3 is 0 Å². The van der Waals surface area contributed by atoms with E-state index in [-0.39, 0.29) is 27.4 Å². The Morgan fingerprint density at radius 3 is 2.56 bits per heavy atom. The third-order valence-electron chi connectivity index (χ3n) is 4.04. The van der Waals surface area contributed by atoms with Gasteiger partial charge in [0.25, 0.3) is 10.0 Å². The zero-order valence-corrected chi connectivity index (χ0v) is 16.5. The first-order valence-corrected chi connectivity index (χ1v) is 10.5. The molecule has 0 saturated carbocycles. The largest absolute Gasteiger partial charge is 0.511 e. The lowest BCUT2D eigenvalue weighted by atomic mass is 9.77. The molecule has 1 aliphatic carbocycles. The highest BCUT2D eigenvalue weighted by molar-refractivity contribution is 7.93. The second-order valence-electron chi connectivity index (χ2n) is 7.00. The minimum absolute atomic E-state index is 0.0341. The lowest BCUT2D eigenvalue weighted by molar-refractivity contribution is -0.117. The van der Waals surface area contributed by atoms with E-state index in [4.69, 9.17) is 0 Å². The monoisotopic (exact) mass is 405 g/mol.